The third-order valence-electron chi connectivity index (χ3n) is 4.47. The maximum absolute atomic E-state index is 4.31. The van der Waals surface area contributed by atoms with Gasteiger partial charge in [-0.1, -0.05) is 47.8 Å². The SMILES string of the molecule is C=C(C)Nc1ccc(NC(=C)c2cnc(C)cn2)cc1.CC.CC1=NCC(C(C)(C)C)=C1. The second-order valence-electron chi connectivity index (χ2n) is 8.51. The van der Waals surface area contributed by atoms with Crippen molar-refractivity contribution in [3.8, 4) is 0 Å². The smallest absolute Gasteiger partial charge is 0.104 e. The quantitative estimate of drug-likeness (QED) is 0.520. The number of rotatable bonds is 5. The monoisotopic (exact) mass is 433 g/mol. The molecule has 0 fully saturated rings. The minimum absolute atomic E-state index is 0.307. The maximum Gasteiger partial charge on any atom is 0.104 e. The largest absolute Gasteiger partial charge is 0.360 e. The van der Waals surface area contributed by atoms with Gasteiger partial charge in [0.1, 0.15) is 5.69 Å². The van der Waals surface area contributed by atoms with E-state index in [-0.39, 0.29) is 0 Å². The summed E-state index contributed by atoms with van der Waals surface area (Å²) in [6.45, 7) is 25.3. The van der Waals surface area contributed by atoms with Gasteiger partial charge in [-0.25, -0.2) is 0 Å². The second-order valence-corrected chi connectivity index (χ2v) is 8.51. The van der Waals surface area contributed by atoms with Crippen LogP contribution in [0.4, 0.5) is 11.4 Å². The van der Waals surface area contributed by atoms with E-state index >= 15 is 0 Å². The number of aromatic nitrogens is 2. The molecule has 172 valence electrons. The molecule has 0 atom stereocenters. The summed E-state index contributed by atoms with van der Waals surface area (Å²) < 4.78 is 0. The van der Waals surface area contributed by atoms with Crippen LogP contribution in [-0.4, -0.2) is 22.2 Å². The van der Waals surface area contributed by atoms with E-state index in [9.17, 15) is 0 Å². The zero-order valence-electron chi connectivity index (χ0n) is 21.0. The van der Waals surface area contributed by atoms with Gasteiger partial charge in [0.05, 0.1) is 24.1 Å². The van der Waals surface area contributed by atoms with Crippen molar-refractivity contribution < 1.29 is 0 Å². The summed E-state index contributed by atoms with van der Waals surface area (Å²) in [4.78, 5) is 12.8. The molecule has 3 rings (SSSR count). The minimum atomic E-state index is 0.307. The highest BCUT2D eigenvalue weighted by Crippen LogP contribution is 2.27. The van der Waals surface area contributed by atoms with Gasteiger partial charge in [0.15, 0.2) is 0 Å². The Hall–Kier alpha value is -3.21. The second kappa shape index (κ2) is 12.6. The highest BCUT2D eigenvalue weighted by Gasteiger charge is 2.19. The number of anilines is 2. The predicted molar refractivity (Wildman–Crippen MR) is 141 cm³/mol. The van der Waals surface area contributed by atoms with Crippen LogP contribution in [0.1, 0.15) is 59.9 Å². The summed E-state index contributed by atoms with van der Waals surface area (Å²) >= 11 is 0. The summed E-state index contributed by atoms with van der Waals surface area (Å²) in [5, 5.41) is 6.37. The van der Waals surface area contributed by atoms with Crippen molar-refractivity contribution in [3.63, 3.8) is 0 Å². The van der Waals surface area contributed by atoms with Crippen molar-refractivity contribution >= 4 is 22.8 Å². The van der Waals surface area contributed by atoms with Crippen LogP contribution in [0.5, 0.6) is 0 Å². The van der Waals surface area contributed by atoms with E-state index in [1.165, 1.54) is 11.3 Å². The minimum Gasteiger partial charge on any atom is -0.360 e. The predicted octanol–water partition coefficient (Wildman–Crippen LogP) is 7.27. The molecule has 2 heterocycles. The third-order valence-corrected chi connectivity index (χ3v) is 4.47. The summed E-state index contributed by atoms with van der Waals surface area (Å²) in [6, 6.07) is 7.90. The van der Waals surface area contributed by atoms with Crippen LogP contribution < -0.4 is 10.6 Å². The molecule has 0 unspecified atom stereocenters. The van der Waals surface area contributed by atoms with Gasteiger partial charge in [-0.05, 0) is 62.1 Å². The molecule has 0 aliphatic carbocycles. The van der Waals surface area contributed by atoms with Crippen molar-refractivity contribution in [2.45, 2.75) is 55.4 Å². The first-order valence-corrected chi connectivity index (χ1v) is 11.0. The fraction of sp³-hybridized carbons (Fsp3) is 0.370. The molecule has 2 aromatic rings. The number of hydrogen-bond acceptors (Lipinski definition) is 5. The van der Waals surface area contributed by atoms with Gasteiger partial charge in [0.25, 0.3) is 0 Å². The van der Waals surface area contributed by atoms with Crippen molar-refractivity contribution in [1.82, 2.24) is 9.97 Å². The van der Waals surface area contributed by atoms with Crippen molar-refractivity contribution in [3.05, 3.63) is 78.6 Å². The first-order valence-electron chi connectivity index (χ1n) is 11.0. The third kappa shape index (κ3) is 9.29. The average Bonchev–Trinajstić information content (AvgIpc) is 3.18. The summed E-state index contributed by atoms with van der Waals surface area (Å²) in [5.41, 5.74) is 8.13. The Bertz CT molecular complexity index is 943. The molecule has 5 nitrogen and oxygen atoms in total. The topological polar surface area (TPSA) is 62.2 Å². The Balaban J connectivity index is 0.000000358. The number of nitrogens with zero attached hydrogens (tertiary/aromatic N) is 3. The van der Waals surface area contributed by atoms with Gasteiger partial charge in [-0.3, -0.25) is 15.0 Å². The van der Waals surface area contributed by atoms with Gasteiger partial charge < -0.3 is 10.6 Å². The molecule has 0 radical (unpaired) electrons. The van der Waals surface area contributed by atoms with Gasteiger partial charge in [0.2, 0.25) is 0 Å². The first-order chi connectivity index (χ1) is 15.0. The zero-order chi connectivity index (χ0) is 24.3. The van der Waals surface area contributed by atoms with Crippen molar-refractivity contribution in [1.29, 1.82) is 0 Å². The Morgan fingerprint density at radius 1 is 0.906 bits per heavy atom. The van der Waals surface area contributed by atoms with E-state index in [1.54, 1.807) is 12.4 Å². The Labute approximate surface area is 194 Å². The Kier molecular flexibility index (Phi) is 10.6. The summed E-state index contributed by atoms with van der Waals surface area (Å²) in [6.07, 6.45) is 5.63. The molecule has 1 aromatic heterocycles. The lowest BCUT2D eigenvalue weighted by Crippen LogP contribution is -2.09. The maximum atomic E-state index is 4.31. The van der Waals surface area contributed by atoms with E-state index in [2.05, 4.69) is 72.5 Å². The molecule has 0 bridgehead atoms. The van der Waals surface area contributed by atoms with Crippen LogP contribution in [-0.2, 0) is 0 Å². The molecular formula is C27H39N5. The number of benzene rings is 1. The van der Waals surface area contributed by atoms with Crippen LogP contribution in [0.25, 0.3) is 5.70 Å². The molecule has 1 aliphatic heterocycles. The van der Waals surface area contributed by atoms with Crippen LogP contribution in [0.3, 0.4) is 0 Å². The van der Waals surface area contributed by atoms with Gasteiger partial charge >= 0.3 is 0 Å². The van der Waals surface area contributed by atoms with E-state index in [0.29, 0.717) is 5.41 Å². The van der Waals surface area contributed by atoms with Crippen LogP contribution in [0, 0.1) is 12.3 Å². The molecule has 0 saturated heterocycles. The Morgan fingerprint density at radius 2 is 1.47 bits per heavy atom. The lowest BCUT2D eigenvalue weighted by Gasteiger charge is -2.18. The fourth-order valence-corrected chi connectivity index (χ4v) is 2.68. The van der Waals surface area contributed by atoms with E-state index < -0.39 is 0 Å². The van der Waals surface area contributed by atoms with Gasteiger partial charge in [0, 0.05) is 29.0 Å². The van der Waals surface area contributed by atoms with Crippen molar-refractivity contribution in [2.24, 2.45) is 10.4 Å². The van der Waals surface area contributed by atoms with E-state index in [1.807, 2.05) is 52.0 Å². The molecule has 1 aromatic carbocycles. The molecule has 2 N–H and O–H groups in total. The Morgan fingerprint density at radius 3 is 1.84 bits per heavy atom. The fourth-order valence-electron chi connectivity index (χ4n) is 2.68. The number of allylic oxidation sites excluding steroid dienone is 2. The molecule has 0 amide bonds. The van der Waals surface area contributed by atoms with E-state index in [0.717, 1.165) is 40.7 Å². The standard InChI is InChI=1S/C16H18N4.C9H15N.C2H6/c1-11(2)19-14-5-7-15(8-6-14)20-13(4)16-10-17-12(3)9-18-16;1-7-5-8(6-10-7)9(2,3)4;1-2/h5-10,19-20H,1,4H2,2-3H3;5H,6H2,1-4H3;1-2H3. The molecule has 32 heavy (non-hydrogen) atoms. The number of aryl methyl sites for hydroxylation is 1. The molecule has 1 aliphatic rings. The molecule has 0 spiro atoms. The van der Waals surface area contributed by atoms with Crippen LogP contribution >= 0.6 is 0 Å². The molecule has 0 saturated carbocycles. The lowest BCUT2D eigenvalue weighted by atomic mass is 9.87. The summed E-state index contributed by atoms with van der Waals surface area (Å²) in [7, 11) is 0. The lowest BCUT2D eigenvalue weighted by molar-refractivity contribution is 0.499. The highest BCUT2D eigenvalue weighted by molar-refractivity contribution is 5.95. The number of aliphatic imine (C=N–C) groups is 1. The van der Waals surface area contributed by atoms with Crippen LogP contribution in [0.2, 0.25) is 0 Å². The van der Waals surface area contributed by atoms with E-state index in [4.69, 9.17) is 0 Å². The van der Waals surface area contributed by atoms with Crippen LogP contribution in [0.15, 0.2) is 72.2 Å². The molecular weight excluding hydrogens is 394 g/mol. The number of hydrogen-bond donors (Lipinski definition) is 2. The highest BCUT2D eigenvalue weighted by atomic mass is 14.9. The summed E-state index contributed by atoms with van der Waals surface area (Å²) in [5.74, 6) is 0. The van der Waals surface area contributed by atoms with Gasteiger partial charge in [-0.2, -0.15) is 0 Å². The normalized spacial score (nSPS) is 12.2. The number of nitrogens with one attached hydrogen (secondary N) is 2. The van der Waals surface area contributed by atoms with Crippen molar-refractivity contribution in [2.75, 3.05) is 17.2 Å². The first kappa shape index (κ1) is 26.8. The van der Waals surface area contributed by atoms with Gasteiger partial charge in [-0.15, -0.1) is 0 Å². The zero-order valence-corrected chi connectivity index (χ0v) is 21.0. The molecule has 5 heteroatoms. The average molecular weight is 434 g/mol.